The van der Waals surface area contributed by atoms with Crippen LogP contribution in [0, 0.1) is 5.92 Å². The van der Waals surface area contributed by atoms with Gasteiger partial charge in [0.25, 0.3) is 0 Å². The van der Waals surface area contributed by atoms with Gasteiger partial charge in [-0.25, -0.2) is 0 Å². The van der Waals surface area contributed by atoms with E-state index in [0.717, 1.165) is 0 Å². The first-order valence-electron chi connectivity index (χ1n) is 6.80. The third-order valence-corrected chi connectivity index (χ3v) is 2.97. The van der Waals surface area contributed by atoms with E-state index in [1.54, 1.807) is 13.8 Å². The average molecular weight is 332 g/mol. The zero-order valence-corrected chi connectivity index (χ0v) is 13.6. The Morgan fingerprint density at radius 1 is 0.826 bits per heavy atom. The minimum Gasteiger partial charge on any atom is -0.458 e. The van der Waals surface area contributed by atoms with E-state index >= 15 is 0 Å². The molecule has 1 aliphatic rings. The van der Waals surface area contributed by atoms with Crippen LogP contribution in [0.4, 0.5) is 0 Å². The maximum absolute atomic E-state index is 11.2. The summed E-state index contributed by atoms with van der Waals surface area (Å²) in [4.78, 5) is 49.7. The van der Waals surface area contributed by atoms with Crippen molar-refractivity contribution in [3.05, 3.63) is 0 Å². The molecule has 9 heteroatoms. The number of ether oxygens (including phenoxy) is 4. The lowest BCUT2D eigenvalue weighted by Gasteiger charge is -2.42. The molecule has 130 valence electrons. The van der Waals surface area contributed by atoms with E-state index in [1.807, 2.05) is 0 Å². The van der Waals surface area contributed by atoms with Gasteiger partial charge in [-0.05, 0) is 6.92 Å². The van der Waals surface area contributed by atoms with Crippen LogP contribution < -0.4 is 0 Å². The maximum atomic E-state index is 11.2. The lowest BCUT2D eigenvalue weighted by molar-refractivity contribution is -0.271. The molecule has 0 amide bonds. The SMILES string of the molecule is CC(=O)OC1OC(C)C(OC(C)=O)C(OC(C)=O)C1C.O=C=O. The lowest BCUT2D eigenvalue weighted by Crippen LogP contribution is -2.56. The summed E-state index contributed by atoms with van der Waals surface area (Å²) in [6.07, 6.45) is -2.63. The zero-order valence-electron chi connectivity index (χ0n) is 13.6. The molecule has 1 aliphatic heterocycles. The molecule has 0 aromatic rings. The van der Waals surface area contributed by atoms with Crippen molar-refractivity contribution in [1.29, 1.82) is 0 Å². The number of hydrogen-bond donors (Lipinski definition) is 0. The molecule has 1 rings (SSSR count). The molecule has 0 spiro atoms. The van der Waals surface area contributed by atoms with Crippen LogP contribution in [0.5, 0.6) is 0 Å². The third kappa shape index (κ3) is 7.03. The van der Waals surface area contributed by atoms with Crippen molar-refractivity contribution in [2.45, 2.75) is 59.2 Å². The van der Waals surface area contributed by atoms with Gasteiger partial charge in [0.05, 0.1) is 12.0 Å². The molecule has 0 bridgehead atoms. The molecule has 9 nitrogen and oxygen atoms in total. The quantitative estimate of drug-likeness (QED) is 0.527. The van der Waals surface area contributed by atoms with Crippen LogP contribution in [0.25, 0.3) is 0 Å². The maximum Gasteiger partial charge on any atom is 0.373 e. The van der Waals surface area contributed by atoms with Gasteiger partial charge in [-0.1, -0.05) is 6.92 Å². The van der Waals surface area contributed by atoms with Crippen molar-refractivity contribution in [1.82, 2.24) is 0 Å². The predicted molar refractivity (Wildman–Crippen MR) is 71.4 cm³/mol. The van der Waals surface area contributed by atoms with E-state index in [2.05, 4.69) is 0 Å². The minimum absolute atomic E-state index is 0.250. The second-order valence-electron chi connectivity index (χ2n) is 4.91. The van der Waals surface area contributed by atoms with Gasteiger partial charge in [-0.3, -0.25) is 14.4 Å². The van der Waals surface area contributed by atoms with Gasteiger partial charge in [-0.15, -0.1) is 0 Å². The zero-order chi connectivity index (χ0) is 18.2. The molecule has 1 fully saturated rings. The first-order valence-corrected chi connectivity index (χ1v) is 6.80. The van der Waals surface area contributed by atoms with Gasteiger partial charge in [0.15, 0.2) is 6.10 Å². The van der Waals surface area contributed by atoms with Crippen LogP contribution in [0.3, 0.4) is 0 Å². The first kappa shape index (κ1) is 20.8. The highest BCUT2D eigenvalue weighted by atomic mass is 16.7. The Morgan fingerprint density at radius 2 is 1.22 bits per heavy atom. The molecule has 5 unspecified atom stereocenters. The van der Waals surface area contributed by atoms with E-state index in [0.29, 0.717) is 0 Å². The van der Waals surface area contributed by atoms with Crippen molar-refractivity contribution in [3.63, 3.8) is 0 Å². The molecule has 1 heterocycles. The van der Waals surface area contributed by atoms with Crippen LogP contribution in [0.2, 0.25) is 0 Å². The Labute approximate surface area is 133 Å². The largest absolute Gasteiger partial charge is 0.458 e. The second kappa shape index (κ2) is 9.70. The molecule has 0 saturated carbocycles. The topological polar surface area (TPSA) is 122 Å². The minimum atomic E-state index is -0.848. The summed E-state index contributed by atoms with van der Waals surface area (Å²) in [5.41, 5.74) is 0. The van der Waals surface area contributed by atoms with Gasteiger partial charge >= 0.3 is 24.1 Å². The predicted octanol–water partition coefficient (Wildman–Crippen LogP) is 0.210. The van der Waals surface area contributed by atoms with Crippen molar-refractivity contribution in [3.8, 4) is 0 Å². The first-order chi connectivity index (χ1) is 10.6. The van der Waals surface area contributed by atoms with Gasteiger partial charge < -0.3 is 18.9 Å². The molecule has 5 atom stereocenters. The van der Waals surface area contributed by atoms with Gasteiger partial charge in [0.2, 0.25) is 6.29 Å². The standard InChI is InChI=1S/C13H20O7.CO2/c1-6-11(18-8(3)14)12(19-9(4)15)7(2)17-13(6)20-10(5)16;2-1-3/h6-7,11-13H,1-5H3;. The third-order valence-electron chi connectivity index (χ3n) is 2.97. The summed E-state index contributed by atoms with van der Waals surface area (Å²) in [7, 11) is 0. The van der Waals surface area contributed by atoms with E-state index < -0.39 is 48.4 Å². The summed E-state index contributed by atoms with van der Waals surface area (Å²) in [6.45, 7) is 7.15. The molecule has 1 saturated heterocycles. The fraction of sp³-hybridized carbons (Fsp3) is 0.714. The van der Waals surface area contributed by atoms with Crippen LogP contribution in [-0.4, -0.2) is 48.7 Å². The summed E-state index contributed by atoms with van der Waals surface area (Å²) in [5, 5.41) is 0. The molecule has 23 heavy (non-hydrogen) atoms. The monoisotopic (exact) mass is 332 g/mol. The van der Waals surface area contributed by atoms with Crippen LogP contribution in [-0.2, 0) is 42.9 Å². The van der Waals surface area contributed by atoms with Gasteiger partial charge in [-0.2, -0.15) is 9.59 Å². The second-order valence-corrected chi connectivity index (χ2v) is 4.91. The van der Waals surface area contributed by atoms with E-state index in [-0.39, 0.29) is 6.15 Å². The van der Waals surface area contributed by atoms with Crippen molar-refractivity contribution >= 4 is 24.1 Å². The molecule has 0 radical (unpaired) electrons. The van der Waals surface area contributed by atoms with Crippen LogP contribution in [0.1, 0.15) is 34.6 Å². The average Bonchev–Trinajstić information content (AvgIpc) is 2.39. The molecule has 0 aromatic heterocycles. The molecule has 0 N–H and O–H groups in total. The highest BCUT2D eigenvalue weighted by Crippen LogP contribution is 2.31. The Bertz CT molecular complexity index is 467. The fourth-order valence-electron chi connectivity index (χ4n) is 2.15. The number of hydrogen-bond acceptors (Lipinski definition) is 9. The Hall–Kier alpha value is -2.25. The van der Waals surface area contributed by atoms with Crippen LogP contribution >= 0.6 is 0 Å². The van der Waals surface area contributed by atoms with Crippen molar-refractivity contribution < 1.29 is 42.9 Å². The van der Waals surface area contributed by atoms with Gasteiger partial charge in [0.1, 0.15) is 6.10 Å². The highest BCUT2D eigenvalue weighted by molar-refractivity contribution is 5.67. The Morgan fingerprint density at radius 3 is 1.61 bits per heavy atom. The van der Waals surface area contributed by atoms with E-state index in [1.165, 1.54) is 20.8 Å². The van der Waals surface area contributed by atoms with Crippen LogP contribution in [0.15, 0.2) is 0 Å². The number of carbonyl (C=O) groups is 3. The fourth-order valence-corrected chi connectivity index (χ4v) is 2.15. The molecular weight excluding hydrogens is 312 g/mol. The highest BCUT2D eigenvalue weighted by Gasteiger charge is 2.47. The Balaban J connectivity index is 0.00000149. The molecular formula is C14H20O9. The smallest absolute Gasteiger partial charge is 0.373 e. The summed E-state index contributed by atoms with van der Waals surface area (Å²) >= 11 is 0. The van der Waals surface area contributed by atoms with Gasteiger partial charge in [0, 0.05) is 20.8 Å². The number of rotatable bonds is 3. The normalized spacial score (nSPS) is 29.2. The van der Waals surface area contributed by atoms with E-state index in [9.17, 15) is 14.4 Å². The van der Waals surface area contributed by atoms with Crippen molar-refractivity contribution in [2.75, 3.05) is 0 Å². The summed E-state index contributed by atoms with van der Waals surface area (Å²) < 4.78 is 20.9. The van der Waals surface area contributed by atoms with E-state index in [4.69, 9.17) is 28.5 Å². The molecule has 0 aliphatic carbocycles. The number of esters is 3. The summed E-state index contributed by atoms with van der Waals surface area (Å²) in [6, 6.07) is 0. The molecule has 0 aromatic carbocycles. The number of carbonyl (C=O) groups excluding carboxylic acids is 5. The Kier molecular flexibility index (Phi) is 8.75. The lowest BCUT2D eigenvalue weighted by atomic mass is 9.92. The van der Waals surface area contributed by atoms with Crippen molar-refractivity contribution in [2.24, 2.45) is 5.92 Å². The summed E-state index contributed by atoms with van der Waals surface area (Å²) in [5.74, 6) is -1.96.